The number of nitrogens with one attached hydrogen (secondary N) is 1. The van der Waals surface area contributed by atoms with Crippen molar-refractivity contribution in [3.8, 4) is 0 Å². The summed E-state index contributed by atoms with van der Waals surface area (Å²) >= 11 is 0. The van der Waals surface area contributed by atoms with Crippen molar-refractivity contribution >= 4 is 10.0 Å². The maximum atomic E-state index is 13.1. The number of sulfonamides is 1. The highest BCUT2D eigenvalue weighted by Gasteiger charge is 2.25. The monoisotopic (exact) mass is 259 g/mol. The third kappa shape index (κ3) is 3.51. The van der Waals surface area contributed by atoms with E-state index < -0.39 is 21.4 Å². The first-order valence-electron chi connectivity index (χ1n) is 5.34. The normalized spacial score (nSPS) is 12.8. The second-order valence-corrected chi connectivity index (χ2v) is 6.84. The molecule has 0 bridgehead atoms. The van der Waals surface area contributed by atoms with E-state index in [1.807, 2.05) is 0 Å². The van der Waals surface area contributed by atoms with E-state index in [9.17, 15) is 12.8 Å². The molecule has 1 N–H and O–H groups in total. The molecule has 1 rings (SSSR count). The summed E-state index contributed by atoms with van der Waals surface area (Å²) in [4.78, 5) is 0.161. The van der Waals surface area contributed by atoms with Gasteiger partial charge in [0.05, 0.1) is 4.90 Å². The summed E-state index contributed by atoms with van der Waals surface area (Å²) in [5, 5.41) is 0. The number of hydrogen-bond acceptors (Lipinski definition) is 2. The van der Waals surface area contributed by atoms with E-state index in [-0.39, 0.29) is 4.90 Å². The third-order valence-electron chi connectivity index (χ3n) is 2.13. The van der Waals surface area contributed by atoms with Crippen LogP contribution in [0.25, 0.3) is 0 Å². The molecule has 0 amide bonds. The summed E-state index contributed by atoms with van der Waals surface area (Å²) in [6.07, 6.45) is 0. The van der Waals surface area contributed by atoms with Crippen molar-refractivity contribution in [1.29, 1.82) is 0 Å². The summed E-state index contributed by atoms with van der Waals surface area (Å²) in [5.74, 6) is -0.422. The summed E-state index contributed by atoms with van der Waals surface area (Å²) in [6.45, 7) is 8.47. The zero-order valence-electron chi connectivity index (χ0n) is 10.8. The van der Waals surface area contributed by atoms with E-state index in [0.717, 1.165) is 0 Å². The van der Waals surface area contributed by atoms with Gasteiger partial charge in [0.2, 0.25) is 10.0 Å². The minimum atomic E-state index is -3.61. The van der Waals surface area contributed by atoms with E-state index in [2.05, 4.69) is 4.72 Å². The van der Waals surface area contributed by atoms with E-state index >= 15 is 0 Å². The van der Waals surface area contributed by atoms with Crippen molar-refractivity contribution in [2.75, 3.05) is 0 Å². The third-order valence-corrected chi connectivity index (χ3v) is 4.20. The van der Waals surface area contributed by atoms with Gasteiger partial charge in [-0.15, -0.1) is 0 Å². The van der Waals surface area contributed by atoms with Gasteiger partial charge >= 0.3 is 0 Å². The Morgan fingerprint density at radius 2 is 1.53 bits per heavy atom. The molecule has 5 heteroatoms. The molecule has 0 saturated carbocycles. The van der Waals surface area contributed by atoms with Gasteiger partial charge in [0.15, 0.2) is 0 Å². The predicted octanol–water partition coefficient (Wildman–Crippen LogP) is 2.52. The molecule has 0 aromatic heterocycles. The molecule has 17 heavy (non-hydrogen) atoms. The van der Waals surface area contributed by atoms with Crippen LogP contribution in [0.5, 0.6) is 0 Å². The number of hydrogen-bond donors (Lipinski definition) is 1. The molecule has 0 atom stereocenters. The highest BCUT2D eigenvalue weighted by atomic mass is 32.2. The first kappa shape index (κ1) is 14.1. The molecule has 0 aliphatic heterocycles. The van der Waals surface area contributed by atoms with Gasteiger partial charge in [0.25, 0.3) is 0 Å². The molecule has 0 radical (unpaired) electrons. The summed E-state index contributed by atoms with van der Waals surface area (Å²) in [7, 11) is -3.61. The zero-order chi connectivity index (χ0) is 13.4. The van der Waals surface area contributed by atoms with Gasteiger partial charge < -0.3 is 0 Å². The van der Waals surface area contributed by atoms with Crippen LogP contribution < -0.4 is 4.72 Å². The van der Waals surface area contributed by atoms with Crippen molar-refractivity contribution in [3.05, 3.63) is 29.1 Å². The molecule has 0 spiro atoms. The molecule has 0 aliphatic carbocycles. The average molecular weight is 259 g/mol. The highest BCUT2D eigenvalue weighted by molar-refractivity contribution is 7.89. The van der Waals surface area contributed by atoms with Crippen molar-refractivity contribution < 1.29 is 12.8 Å². The molecule has 3 nitrogen and oxygen atoms in total. The van der Waals surface area contributed by atoms with Gasteiger partial charge in [-0.2, -0.15) is 0 Å². The van der Waals surface area contributed by atoms with Crippen LogP contribution >= 0.6 is 0 Å². The lowest BCUT2D eigenvalue weighted by Crippen LogP contribution is -2.41. The second kappa shape index (κ2) is 4.38. The Kier molecular flexibility index (Phi) is 3.64. The lowest BCUT2D eigenvalue weighted by Gasteiger charge is -2.22. The Morgan fingerprint density at radius 3 is 1.88 bits per heavy atom. The highest BCUT2D eigenvalue weighted by Crippen LogP contribution is 2.22. The molecule has 0 saturated heterocycles. The molecular weight excluding hydrogens is 241 g/mol. The Bertz CT molecular complexity index is 507. The fourth-order valence-electron chi connectivity index (χ4n) is 1.78. The number of benzene rings is 1. The summed E-state index contributed by atoms with van der Waals surface area (Å²) < 4.78 is 40.0. The fraction of sp³-hybridized carbons (Fsp3) is 0.500. The SMILES string of the molecule is Cc1cc(F)cc(C)c1S(=O)(=O)NC(C)(C)C. The first-order valence-corrected chi connectivity index (χ1v) is 6.82. The molecular formula is C12H18FNO2S. The average Bonchev–Trinajstić information content (AvgIpc) is 1.93. The first-order chi connectivity index (χ1) is 7.53. The summed E-state index contributed by atoms with van der Waals surface area (Å²) in [5.41, 5.74) is 0.269. The maximum Gasteiger partial charge on any atom is 0.241 e. The van der Waals surface area contributed by atoms with Crippen LogP contribution in [0.15, 0.2) is 17.0 Å². The van der Waals surface area contributed by atoms with Gasteiger partial charge in [-0.3, -0.25) is 0 Å². The molecule has 1 aromatic carbocycles. The molecule has 96 valence electrons. The minimum absolute atomic E-state index is 0.161. The molecule has 0 aliphatic rings. The van der Waals surface area contributed by atoms with Gasteiger partial charge in [-0.05, 0) is 57.9 Å². The van der Waals surface area contributed by atoms with Gasteiger partial charge in [0.1, 0.15) is 5.82 Å². The Hall–Kier alpha value is -0.940. The smallest absolute Gasteiger partial charge is 0.207 e. The zero-order valence-corrected chi connectivity index (χ0v) is 11.6. The Morgan fingerprint density at radius 1 is 1.12 bits per heavy atom. The predicted molar refractivity (Wildman–Crippen MR) is 65.9 cm³/mol. The Labute approximate surface area is 102 Å². The van der Waals surface area contributed by atoms with Gasteiger partial charge in [0, 0.05) is 5.54 Å². The largest absolute Gasteiger partial charge is 0.241 e. The van der Waals surface area contributed by atoms with Crippen molar-refractivity contribution in [2.45, 2.75) is 45.1 Å². The molecule has 0 unspecified atom stereocenters. The number of rotatable bonds is 2. The van der Waals surface area contributed by atoms with Crippen molar-refractivity contribution in [1.82, 2.24) is 4.72 Å². The molecule has 0 heterocycles. The summed E-state index contributed by atoms with van der Waals surface area (Å²) in [6, 6.07) is 2.45. The molecule has 1 aromatic rings. The van der Waals surface area contributed by atoms with E-state index in [0.29, 0.717) is 11.1 Å². The lowest BCUT2D eigenvalue weighted by atomic mass is 10.1. The van der Waals surface area contributed by atoms with E-state index in [4.69, 9.17) is 0 Å². The van der Waals surface area contributed by atoms with Crippen molar-refractivity contribution in [2.24, 2.45) is 0 Å². The number of aryl methyl sites for hydroxylation is 2. The lowest BCUT2D eigenvalue weighted by molar-refractivity contribution is 0.490. The molecule has 0 fully saturated rings. The van der Waals surface area contributed by atoms with Gasteiger partial charge in [-0.1, -0.05) is 0 Å². The van der Waals surface area contributed by atoms with E-state index in [1.165, 1.54) is 12.1 Å². The van der Waals surface area contributed by atoms with Crippen molar-refractivity contribution in [3.63, 3.8) is 0 Å². The van der Waals surface area contributed by atoms with Gasteiger partial charge in [-0.25, -0.2) is 17.5 Å². The van der Waals surface area contributed by atoms with Crippen LogP contribution in [-0.4, -0.2) is 14.0 Å². The van der Waals surface area contributed by atoms with Crippen LogP contribution in [0.3, 0.4) is 0 Å². The topological polar surface area (TPSA) is 46.2 Å². The fourth-order valence-corrected chi connectivity index (χ4v) is 3.65. The Balaban J connectivity index is 3.35. The standard InChI is InChI=1S/C12H18FNO2S/c1-8-6-10(13)7-9(2)11(8)17(15,16)14-12(3,4)5/h6-7,14H,1-5H3. The van der Waals surface area contributed by atoms with Crippen LogP contribution in [0.4, 0.5) is 4.39 Å². The van der Waals surface area contributed by atoms with Crippen LogP contribution in [0, 0.1) is 19.7 Å². The van der Waals surface area contributed by atoms with Crippen LogP contribution in [-0.2, 0) is 10.0 Å². The van der Waals surface area contributed by atoms with Crippen LogP contribution in [0.1, 0.15) is 31.9 Å². The number of halogens is 1. The van der Waals surface area contributed by atoms with Crippen LogP contribution in [0.2, 0.25) is 0 Å². The quantitative estimate of drug-likeness (QED) is 0.887. The minimum Gasteiger partial charge on any atom is -0.207 e. The second-order valence-electron chi connectivity index (χ2n) is 5.22. The maximum absolute atomic E-state index is 13.1. The van der Waals surface area contributed by atoms with E-state index in [1.54, 1.807) is 34.6 Å².